The molecule has 0 fully saturated rings. The van der Waals surface area contributed by atoms with Gasteiger partial charge in [-0.3, -0.25) is 0 Å². The lowest BCUT2D eigenvalue weighted by molar-refractivity contribution is 0.162. The normalized spacial score (nSPS) is 14.1. The van der Waals surface area contributed by atoms with Gasteiger partial charge in [0.15, 0.2) is 0 Å². The van der Waals surface area contributed by atoms with Crippen molar-refractivity contribution in [3.05, 3.63) is 28.5 Å². The van der Waals surface area contributed by atoms with Gasteiger partial charge in [-0.05, 0) is 39.5 Å². The minimum Gasteiger partial charge on any atom is -0.492 e. The number of halogens is 2. The van der Waals surface area contributed by atoms with Gasteiger partial charge < -0.3 is 4.74 Å². The van der Waals surface area contributed by atoms with Crippen molar-refractivity contribution in [2.45, 2.75) is 20.8 Å². The lowest BCUT2D eigenvalue weighted by atomic mass is 9.82. The molecule has 20 heavy (non-hydrogen) atoms. The lowest BCUT2D eigenvalue weighted by Crippen LogP contribution is -2.35. The molecule has 4 nitrogen and oxygen atoms in total. The van der Waals surface area contributed by atoms with E-state index in [1.165, 1.54) is 18.2 Å². The number of ether oxygens (including phenoxy) is 1. The van der Waals surface area contributed by atoms with Crippen molar-refractivity contribution in [1.82, 2.24) is 0 Å². The molecule has 1 aromatic carbocycles. The van der Waals surface area contributed by atoms with Crippen LogP contribution in [-0.2, 0) is 10.0 Å². The van der Waals surface area contributed by atoms with Crippen molar-refractivity contribution in [1.29, 1.82) is 0 Å². The van der Waals surface area contributed by atoms with Crippen molar-refractivity contribution in [3.63, 3.8) is 0 Å². The molecule has 0 bridgehead atoms. The molecule has 0 aliphatic rings. The van der Waals surface area contributed by atoms with Crippen LogP contribution in [0.1, 0.15) is 20.8 Å². The number of nitrogens with two attached hydrogens (primary N) is 1. The van der Waals surface area contributed by atoms with E-state index >= 15 is 0 Å². The van der Waals surface area contributed by atoms with Gasteiger partial charge >= 0.3 is 0 Å². The van der Waals surface area contributed by atoms with E-state index in [0.717, 1.165) is 0 Å². The van der Waals surface area contributed by atoms with E-state index in [4.69, 9.17) is 9.88 Å². The van der Waals surface area contributed by atoms with Crippen LogP contribution in [0.5, 0.6) is 5.75 Å². The fourth-order valence-corrected chi connectivity index (χ4v) is 3.23. The van der Waals surface area contributed by atoms with E-state index in [0.29, 0.717) is 10.2 Å². The second-order valence-electron chi connectivity index (χ2n) is 5.78. The first-order valence-corrected chi connectivity index (χ1v) is 8.58. The summed E-state index contributed by atoms with van der Waals surface area (Å²) in [5, 5.41) is 5.11. The van der Waals surface area contributed by atoms with Crippen LogP contribution in [0.25, 0.3) is 0 Å². The summed E-state index contributed by atoms with van der Waals surface area (Å²) >= 11 is 3.20. The van der Waals surface area contributed by atoms with Crippen molar-refractivity contribution in [2.75, 3.05) is 12.4 Å². The molecule has 0 saturated carbocycles. The van der Waals surface area contributed by atoms with Gasteiger partial charge in [-0.25, -0.2) is 17.9 Å². The number of primary sulfonamides is 1. The minimum absolute atomic E-state index is 0.157. The Kier molecular flexibility index (Phi) is 5.57. The zero-order chi connectivity index (χ0) is 15.6. The van der Waals surface area contributed by atoms with E-state index in [-0.39, 0.29) is 29.5 Å². The number of rotatable bonds is 5. The molecule has 1 atom stereocenters. The Labute approximate surface area is 127 Å². The second-order valence-corrected chi connectivity index (χ2v) is 8.29. The molecule has 2 N–H and O–H groups in total. The van der Waals surface area contributed by atoms with Crippen molar-refractivity contribution < 1.29 is 17.5 Å². The molecule has 0 saturated heterocycles. The summed E-state index contributed by atoms with van der Waals surface area (Å²) in [5.41, 5.74) is -0.279. The molecule has 7 heteroatoms. The Morgan fingerprint density at radius 2 is 2.00 bits per heavy atom. The molecular formula is C13H19BrFNO3S. The molecule has 0 aliphatic heterocycles. The first-order chi connectivity index (χ1) is 8.99. The Balaban J connectivity index is 2.81. The van der Waals surface area contributed by atoms with Gasteiger partial charge in [0.2, 0.25) is 10.0 Å². The smallest absolute Gasteiger partial charge is 0.209 e. The highest BCUT2D eigenvalue weighted by Crippen LogP contribution is 2.30. The van der Waals surface area contributed by atoms with Crippen LogP contribution in [0.2, 0.25) is 0 Å². The molecule has 0 aromatic heterocycles. The number of benzene rings is 1. The van der Waals surface area contributed by atoms with Crippen LogP contribution in [0.15, 0.2) is 22.7 Å². The SMILES string of the molecule is CC(C)(C)C(COc1ccc(F)cc1Br)CS(N)(=O)=O. The first-order valence-electron chi connectivity index (χ1n) is 6.07. The molecule has 0 amide bonds. The third kappa shape index (κ3) is 5.76. The van der Waals surface area contributed by atoms with E-state index in [2.05, 4.69) is 15.9 Å². The molecule has 114 valence electrons. The average molecular weight is 368 g/mol. The predicted molar refractivity (Wildman–Crippen MR) is 80.5 cm³/mol. The Morgan fingerprint density at radius 3 is 2.45 bits per heavy atom. The van der Waals surface area contributed by atoms with E-state index in [9.17, 15) is 12.8 Å². The third-order valence-electron chi connectivity index (χ3n) is 2.99. The maximum atomic E-state index is 13.0. The largest absolute Gasteiger partial charge is 0.492 e. The highest BCUT2D eigenvalue weighted by atomic mass is 79.9. The predicted octanol–water partition coefficient (Wildman–Crippen LogP) is 2.92. The lowest BCUT2D eigenvalue weighted by Gasteiger charge is -2.30. The third-order valence-corrected chi connectivity index (χ3v) is 4.48. The van der Waals surface area contributed by atoms with Gasteiger partial charge in [0.1, 0.15) is 11.6 Å². The summed E-state index contributed by atoms with van der Waals surface area (Å²) in [5.74, 6) is -0.333. The highest BCUT2D eigenvalue weighted by Gasteiger charge is 2.29. The second kappa shape index (κ2) is 6.41. The maximum absolute atomic E-state index is 13.0. The molecule has 0 radical (unpaired) electrons. The molecular weight excluding hydrogens is 349 g/mol. The summed E-state index contributed by atoms with van der Waals surface area (Å²) in [6.45, 7) is 5.95. The fraction of sp³-hybridized carbons (Fsp3) is 0.538. The molecule has 1 rings (SSSR count). The van der Waals surface area contributed by atoms with Crippen molar-refractivity contribution >= 4 is 26.0 Å². The van der Waals surface area contributed by atoms with Gasteiger partial charge in [0, 0.05) is 5.92 Å². The molecule has 1 unspecified atom stereocenters. The van der Waals surface area contributed by atoms with Crippen molar-refractivity contribution in [2.24, 2.45) is 16.5 Å². The minimum atomic E-state index is -3.58. The fourth-order valence-electron chi connectivity index (χ4n) is 1.61. The number of hydrogen-bond acceptors (Lipinski definition) is 3. The first kappa shape index (κ1) is 17.4. The van der Waals surface area contributed by atoms with E-state index in [1.807, 2.05) is 20.8 Å². The Bertz CT molecular complexity index is 569. The number of sulfonamides is 1. The monoisotopic (exact) mass is 367 g/mol. The van der Waals surface area contributed by atoms with Gasteiger partial charge in [-0.15, -0.1) is 0 Å². The van der Waals surface area contributed by atoms with Crippen LogP contribution in [-0.4, -0.2) is 20.8 Å². The van der Waals surface area contributed by atoms with Crippen LogP contribution < -0.4 is 9.88 Å². The summed E-state index contributed by atoms with van der Waals surface area (Å²) in [6.07, 6.45) is 0. The standard InChI is InChI=1S/C13H19BrFNO3S/c1-13(2,3)9(8-20(16,17)18)7-19-12-5-4-10(15)6-11(12)14/h4-6,9H,7-8H2,1-3H3,(H2,16,17,18). The molecule has 0 spiro atoms. The van der Waals surface area contributed by atoms with Crippen LogP contribution in [0.3, 0.4) is 0 Å². The van der Waals surface area contributed by atoms with Gasteiger partial charge in [-0.1, -0.05) is 20.8 Å². The van der Waals surface area contributed by atoms with Gasteiger partial charge in [-0.2, -0.15) is 0 Å². The average Bonchev–Trinajstić information content (AvgIpc) is 2.23. The topological polar surface area (TPSA) is 69.4 Å². The van der Waals surface area contributed by atoms with E-state index < -0.39 is 10.0 Å². The van der Waals surface area contributed by atoms with Gasteiger partial charge in [0.05, 0.1) is 16.8 Å². The Morgan fingerprint density at radius 1 is 1.40 bits per heavy atom. The quantitative estimate of drug-likeness (QED) is 0.869. The van der Waals surface area contributed by atoms with Crippen LogP contribution in [0.4, 0.5) is 4.39 Å². The Hall–Kier alpha value is -0.660. The zero-order valence-electron chi connectivity index (χ0n) is 11.7. The molecule has 1 aromatic rings. The zero-order valence-corrected chi connectivity index (χ0v) is 14.1. The summed E-state index contributed by atoms with van der Waals surface area (Å²) < 4.78 is 41.6. The maximum Gasteiger partial charge on any atom is 0.209 e. The van der Waals surface area contributed by atoms with E-state index in [1.54, 1.807) is 0 Å². The molecule has 0 aliphatic carbocycles. The molecule has 0 heterocycles. The summed E-state index contributed by atoms with van der Waals surface area (Å²) in [4.78, 5) is 0. The highest BCUT2D eigenvalue weighted by molar-refractivity contribution is 9.10. The van der Waals surface area contributed by atoms with Crippen molar-refractivity contribution in [3.8, 4) is 5.75 Å². The summed E-state index contributed by atoms with van der Waals surface area (Å²) in [6, 6.07) is 4.07. The number of hydrogen-bond donors (Lipinski definition) is 1. The van der Waals surface area contributed by atoms with Gasteiger partial charge in [0.25, 0.3) is 0 Å². The summed E-state index contributed by atoms with van der Waals surface area (Å²) in [7, 11) is -3.58. The van der Waals surface area contributed by atoms with Crippen LogP contribution >= 0.6 is 15.9 Å². The van der Waals surface area contributed by atoms with Crippen LogP contribution in [0, 0.1) is 17.2 Å².